The van der Waals surface area contributed by atoms with Crippen LogP contribution in [-0.2, 0) is 6.54 Å². The number of hydrogen-bond donors (Lipinski definition) is 0. The lowest BCUT2D eigenvalue weighted by Crippen LogP contribution is -2.11. The predicted octanol–water partition coefficient (Wildman–Crippen LogP) is 4.61. The quantitative estimate of drug-likeness (QED) is 0.815. The third-order valence-corrected chi connectivity index (χ3v) is 3.25. The first-order valence-electron chi connectivity index (χ1n) is 6.22. The van der Waals surface area contributed by atoms with E-state index in [9.17, 15) is 0 Å². The van der Waals surface area contributed by atoms with Gasteiger partial charge in [-0.2, -0.15) is 0 Å². The molecule has 0 atom stereocenters. The number of rotatable bonds is 4. The van der Waals surface area contributed by atoms with Crippen LogP contribution in [-0.4, -0.2) is 19.0 Å². The van der Waals surface area contributed by atoms with Gasteiger partial charge in [0.1, 0.15) is 11.5 Å². The van der Waals surface area contributed by atoms with Crippen LogP contribution < -0.4 is 4.74 Å². The molecule has 3 heteroatoms. The van der Waals surface area contributed by atoms with Gasteiger partial charge in [-0.3, -0.25) is 0 Å². The predicted molar refractivity (Wildman–Crippen MR) is 82.8 cm³/mol. The number of hydrogen-bond acceptors (Lipinski definition) is 2. The van der Waals surface area contributed by atoms with Crippen LogP contribution in [0.1, 0.15) is 11.1 Å². The Morgan fingerprint density at radius 1 is 1.05 bits per heavy atom. The molecule has 0 fully saturated rings. The van der Waals surface area contributed by atoms with Gasteiger partial charge >= 0.3 is 0 Å². The molecule has 0 aromatic heterocycles. The molecular formula is C16H18BrNO. The Bertz CT molecular complexity index is 549. The molecule has 0 aliphatic carbocycles. The van der Waals surface area contributed by atoms with Gasteiger partial charge in [-0.25, -0.2) is 0 Å². The van der Waals surface area contributed by atoms with E-state index in [1.165, 1.54) is 11.1 Å². The molecule has 0 heterocycles. The molecule has 0 saturated heterocycles. The summed E-state index contributed by atoms with van der Waals surface area (Å²) >= 11 is 3.51. The summed E-state index contributed by atoms with van der Waals surface area (Å²) < 4.78 is 7.04. The molecule has 0 saturated carbocycles. The van der Waals surface area contributed by atoms with Crippen molar-refractivity contribution in [2.45, 2.75) is 13.5 Å². The number of halogens is 1. The fourth-order valence-corrected chi connectivity index (χ4v) is 2.25. The van der Waals surface area contributed by atoms with Crippen LogP contribution >= 0.6 is 15.9 Å². The van der Waals surface area contributed by atoms with Crippen molar-refractivity contribution in [2.75, 3.05) is 14.1 Å². The monoisotopic (exact) mass is 319 g/mol. The number of benzene rings is 2. The molecule has 19 heavy (non-hydrogen) atoms. The van der Waals surface area contributed by atoms with Crippen LogP contribution in [0.3, 0.4) is 0 Å². The minimum Gasteiger partial charge on any atom is -0.457 e. The average Bonchev–Trinajstić information content (AvgIpc) is 2.34. The minimum atomic E-state index is 0.848. The number of nitrogens with zero attached hydrogens (tertiary/aromatic N) is 1. The largest absolute Gasteiger partial charge is 0.457 e. The minimum absolute atomic E-state index is 0.848. The van der Waals surface area contributed by atoms with Crippen LogP contribution in [0, 0.1) is 6.92 Å². The average molecular weight is 320 g/mol. The first-order chi connectivity index (χ1) is 9.04. The van der Waals surface area contributed by atoms with E-state index in [1.54, 1.807) is 0 Å². The molecule has 0 spiro atoms. The second-order valence-corrected chi connectivity index (χ2v) is 5.82. The summed E-state index contributed by atoms with van der Waals surface area (Å²) in [6, 6.07) is 14.2. The third-order valence-electron chi connectivity index (χ3n) is 2.76. The van der Waals surface area contributed by atoms with E-state index < -0.39 is 0 Å². The summed E-state index contributed by atoms with van der Waals surface area (Å²) in [6.07, 6.45) is 0. The lowest BCUT2D eigenvalue weighted by molar-refractivity contribution is 0.388. The Balaban J connectivity index is 2.26. The molecule has 2 aromatic carbocycles. The van der Waals surface area contributed by atoms with Gasteiger partial charge in [0.05, 0.1) is 0 Å². The molecular weight excluding hydrogens is 302 g/mol. The third kappa shape index (κ3) is 4.08. The van der Waals surface area contributed by atoms with Gasteiger partial charge in [0.2, 0.25) is 0 Å². The normalized spacial score (nSPS) is 10.8. The molecule has 2 aromatic rings. The van der Waals surface area contributed by atoms with E-state index in [2.05, 4.69) is 60.0 Å². The molecule has 0 amide bonds. The Morgan fingerprint density at radius 2 is 1.74 bits per heavy atom. The van der Waals surface area contributed by atoms with Crippen molar-refractivity contribution >= 4 is 15.9 Å². The molecule has 100 valence electrons. The van der Waals surface area contributed by atoms with Gasteiger partial charge in [0, 0.05) is 16.6 Å². The SMILES string of the molecule is Cc1ccc(Oc2ccc(Br)cc2CN(C)C)cc1. The van der Waals surface area contributed by atoms with Crippen LogP contribution in [0.25, 0.3) is 0 Å². The van der Waals surface area contributed by atoms with Crippen molar-refractivity contribution in [3.63, 3.8) is 0 Å². The van der Waals surface area contributed by atoms with Crippen LogP contribution in [0.15, 0.2) is 46.9 Å². The van der Waals surface area contributed by atoms with Gasteiger partial charge in [0.15, 0.2) is 0 Å². The Kier molecular flexibility index (Phi) is 4.61. The van der Waals surface area contributed by atoms with E-state index >= 15 is 0 Å². The number of aryl methyl sites for hydroxylation is 1. The van der Waals surface area contributed by atoms with Crippen molar-refractivity contribution in [2.24, 2.45) is 0 Å². The summed E-state index contributed by atoms with van der Waals surface area (Å²) in [5, 5.41) is 0. The highest BCUT2D eigenvalue weighted by molar-refractivity contribution is 9.10. The fourth-order valence-electron chi connectivity index (χ4n) is 1.85. The molecule has 0 aliphatic heterocycles. The summed E-state index contributed by atoms with van der Waals surface area (Å²) in [5.41, 5.74) is 2.40. The van der Waals surface area contributed by atoms with E-state index in [-0.39, 0.29) is 0 Å². The molecule has 2 nitrogen and oxygen atoms in total. The van der Waals surface area contributed by atoms with Gasteiger partial charge in [0.25, 0.3) is 0 Å². The van der Waals surface area contributed by atoms with Gasteiger partial charge in [-0.1, -0.05) is 33.6 Å². The Hall–Kier alpha value is -1.32. The second kappa shape index (κ2) is 6.22. The lowest BCUT2D eigenvalue weighted by Gasteiger charge is -2.15. The summed E-state index contributed by atoms with van der Waals surface area (Å²) in [6.45, 7) is 2.92. The zero-order chi connectivity index (χ0) is 13.8. The highest BCUT2D eigenvalue weighted by Gasteiger charge is 2.07. The van der Waals surface area contributed by atoms with Crippen LogP contribution in [0.2, 0.25) is 0 Å². The summed E-state index contributed by atoms with van der Waals surface area (Å²) in [7, 11) is 4.10. The fraction of sp³-hybridized carbons (Fsp3) is 0.250. The smallest absolute Gasteiger partial charge is 0.132 e. The molecule has 0 aliphatic rings. The maximum absolute atomic E-state index is 5.97. The topological polar surface area (TPSA) is 12.5 Å². The van der Waals surface area contributed by atoms with Crippen molar-refractivity contribution in [1.29, 1.82) is 0 Å². The first kappa shape index (κ1) is 14.1. The molecule has 0 N–H and O–H groups in total. The first-order valence-corrected chi connectivity index (χ1v) is 7.01. The molecule has 2 rings (SSSR count). The van der Waals surface area contributed by atoms with Crippen molar-refractivity contribution in [3.05, 3.63) is 58.1 Å². The standard InChI is InChI=1S/C16H18BrNO/c1-12-4-7-15(8-5-12)19-16-9-6-14(17)10-13(16)11-18(2)3/h4-10H,11H2,1-3H3. The van der Waals surface area contributed by atoms with Crippen molar-refractivity contribution < 1.29 is 4.74 Å². The lowest BCUT2D eigenvalue weighted by atomic mass is 10.2. The molecule has 0 radical (unpaired) electrons. The van der Waals surface area contributed by atoms with Crippen LogP contribution in [0.4, 0.5) is 0 Å². The molecule has 0 bridgehead atoms. The maximum Gasteiger partial charge on any atom is 0.132 e. The van der Waals surface area contributed by atoms with Gasteiger partial charge < -0.3 is 9.64 Å². The molecule has 0 unspecified atom stereocenters. The van der Waals surface area contributed by atoms with E-state index in [1.807, 2.05) is 24.3 Å². The zero-order valence-electron chi connectivity index (χ0n) is 11.5. The summed E-state index contributed by atoms with van der Waals surface area (Å²) in [5.74, 6) is 1.77. The van der Waals surface area contributed by atoms with Crippen LogP contribution in [0.5, 0.6) is 11.5 Å². The second-order valence-electron chi connectivity index (χ2n) is 4.90. The van der Waals surface area contributed by atoms with E-state index in [0.29, 0.717) is 0 Å². The Labute approximate surface area is 123 Å². The van der Waals surface area contributed by atoms with Gasteiger partial charge in [-0.15, -0.1) is 0 Å². The Morgan fingerprint density at radius 3 is 2.37 bits per heavy atom. The van der Waals surface area contributed by atoms with Crippen molar-refractivity contribution in [3.8, 4) is 11.5 Å². The number of ether oxygens (including phenoxy) is 1. The highest BCUT2D eigenvalue weighted by atomic mass is 79.9. The summed E-state index contributed by atoms with van der Waals surface area (Å²) in [4.78, 5) is 2.13. The van der Waals surface area contributed by atoms with Crippen molar-refractivity contribution in [1.82, 2.24) is 4.90 Å². The van der Waals surface area contributed by atoms with E-state index in [4.69, 9.17) is 4.74 Å². The zero-order valence-corrected chi connectivity index (χ0v) is 13.1. The maximum atomic E-state index is 5.97. The van der Waals surface area contributed by atoms with Gasteiger partial charge in [-0.05, 0) is 51.4 Å². The highest BCUT2D eigenvalue weighted by Crippen LogP contribution is 2.28. The van der Waals surface area contributed by atoms with E-state index in [0.717, 1.165) is 22.5 Å².